The molecule has 2 heterocycles. The van der Waals surface area contributed by atoms with Crippen LogP contribution in [0.4, 0.5) is 0 Å². The maximum atomic E-state index is 11.1. The van der Waals surface area contributed by atoms with E-state index in [9.17, 15) is 8.42 Å². The highest BCUT2D eigenvalue weighted by Gasteiger charge is 2.13. The van der Waals surface area contributed by atoms with Crippen LogP contribution in [0.5, 0.6) is 0 Å². The molecule has 0 N–H and O–H groups in total. The molecule has 0 spiro atoms. The van der Waals surface area contributed by atoms with E-state index in [0.717, 1.165) is 17.3 Å². The van der Waals surface area contributed by atoms with Gasteiger partial charge < -0.3 is 0 Å². The third-order valence-corrected chi connectivity index (χ3v) is 3.43. The van der Waals surface area contributed by atoms with Crippen molar-refractivity contribution in [3.05, 3.63) is 11.9 Å². The van der Waals surface area contributed by atoms with Gasteiger partial charge in [-0.3, -0.25) is 0 Å². The fraction of sp³-hybridized carbons (Fsp3) is 0.286. The van der Waals surface area contributed by atoms with Crippen LogP contribution in [0.25, 0.3) is 10.2 Å². The van der Waals surface area contributed by atoms with Crippen molar-refractivity contribution in [2.75, 3.05) is 6.26 Å². The van der Waals surface area contributed by atoms with Crippen LogP contribution in [0, 0.1) is 6.92 Å². The van der Waals surface area contributed by atoms with E-state index in [1.54, 1.807) is 0 Å². The van der Waals surface area contributed by atoms with Crippen LogP contribution in [-0.2, 0) is 9.84 Å². The molecule has 2 aromatic heterocycles. The van der Waals surface area contributed by atoms with Gasteiger partial charge in [0.1, 0.15) is 4.83 Å². The second-order valence-electron chi connectivity index (χ2n) is 2.91. The molecule has 0 aliphatic rings. The Morgan fingerprint density at radius 1 is 1.43 bits per heavy atom. The molecule has 7 heteroatoms. The van der Waals surface area contributed by atoms with Crippen LogP contribution in [0.3, 0.4) is 0 Å². The first-order valence-corrected chi connectivity index (χ1v) is 6.44. The van der Waals surface area contributed by atoms with E-state index in [1.165, 1.54) is 17.7 Å². The van der Waals surface area contributed by atoms with Crippen LogP contribution < -0.4 is 0 Å². The van der Waals surface area contributed by atoms with Crippen molar-refractivity contribution in [2.24, 2.45) is 0 Å². The highest BCUT2D eigenvalue weighted by molar-refractivity contribution is 7.90. The van der Waals surface area contributed by atoms with E-state index >= 15 is 0 Å². The fourth-order valence-corrected chi connectivity index (χ4v) is 2.32. The van der Waals surface area contributed by atoms with Crippen LogP contribution in [-0.4, -0.2) is 29.0 Å². The maximum Gasteiger partial charge on any atom is 0.248 e. The first kappa shape index (κ1) is 9.47. The van der Waals surface area contributed by atoms with Crippen LogP contribution in [0.15, 0.2) is 11.4 Å². The Kier molecular flexibility index (Phi) is 2.00. The third-order valence-electron chi connectivity index (χ3n) is 1.72. The number of hydrogen-bond acceptors (Lipinski definition) is 6. The summed E-state index contributed by atoms with van der Waals surface area (Å²) >= 11 is 1.18. The minimum Gasteiger partial charge on any atom is -0.226 e. The molecule has 0 saturated heterocycles. The molecule has 74 valence electrons. The number of fused-ring (bicyclic) bond motifs is 1. The molecule has 0 amide bonds. The average Bonchev–Trinajstić information content (AvgIpc) is 2.46. The normalized spacial score (nSPS) is 12.1. The highest BCUT2D eigenvalue weighted by atomic mass is 32.2. The number of rotatable bonds is 1. The number of nitrogens with zero attached hydrogens (tertiary/aromatic N) is 3. The quantitative estimate of drug-likeness (QED) is 0.676. The smallest absolute Gasteiger partial charge is 0.226 e. The van der Waals surface area contributed by atoms with E-state index < -0.39 is 9.84 Å². The lowest BCUT2D eigenvalue weighted by atomic mass is 10.3. The summed E-state index contributed by atoms with van der Waals surface area (Å²) in [7, 11) is -3.33. The van der Waals surface area contributed by atoms with Crippen LogP contribution in [0.2, 0.25) is 0 Å². The molecular formula is C7H7N3O2S2. The monoisotopic (exact) mass is 229 g/mol. The van der Waals surface area contributed by atoms with Gasteiger partial charge in [0.25, 0.3) is 0 Å². The largest absolute Gasteiger partial charge is 0.248 e. The van der Waals surface area contributed by atoms with Gasteiger partial charge in [-0.1, -0.05) is 0 Å². The van der Waals surface area contributed by atoms with Crippen molar-refractivity contribution in [1.82, 2.24) is 14.3 Å². The minimum absolute atomic E-state index is 0.145. The summed E-state index contributed by atoms with van der Waals surface area (Å²) in [5.41, 5.74) is 0.824. The van der Waals surface area contributed by atoms with Gasteiger partial charge in [0.05, 0.1) is 11.1 Å². The van der Waals surface area contributed by atoms with Crippen molar-refractivity contribution >= 4 is 31.6 Å². The van der Waals surface area contributed by atoms with E-state index in [4.69, 9.17) is 0 Å². The van der Waals surface area contributed by atoms with Gasteiger partial charge in [-0.05, 0) is 18.5 Å². The van der Waals surface area contributed by atoms with Crippen molar-refractivity contribution in [2.45, 2.75) is 12.1 Å². The van der Waals surface area contributed by atoms with E-state index in [0.29, 0.717) is 4.83 Å². The van der Waals surface area contributed by atoms with E-state index in [-0.39, 0.29) is 5.16 Å². The van der Waals surface area contributed by atoms with Crippen molar-refractivity contribution in [3.8, 4) is 0 Å². The molecule has 0 unspecified atom stereocenters. The van der Waals surface area contributed by atoms with Gasteiger partial charge in [-0.15, -0.1) is 0 Å². The lowest BCUT2D eigenvalue weighted by Crippen LogP contribution is -2.02. The third kappa shape index (κ3) is 1.48. The first-order valence-electron chi connectivity index (χ1n) is 3.77. The predicted molar refractivity (Wildman–Crippen MR) is 53.1 cm³/mol. The second-order valence-corrected chi connectivity index (χ2v) is 5.57. The summed E-state index contributed by atoms with van der Waals surface area (Å²) in [6, 6.07) is 0. The molecule has 5 nitrogen and oxygen atoms in total. The molecule has 0 aliphatic heterocycles. The Labute approximate surface area is 84.9 Å². The molecule has 0 radical (unpaired) electrons. The average molecular weight is 229 g/mol. The summed E-state index contributed by atoms with van der Waals surface area (Å²) in [5, 5.41) is 0.663. The van der Waals surface area contributed by atoms with Crippen LogP contribution >= 0.6 is 11.5 Å². The lowest BCUT2D eigenvalue weighted by Gasteiger charge is -1.94. The van der Waals surface area contributed by atoms with Gasteiger partial charge in [0.15, 0.2) is 0 Å². The molecule has 0 atom stereocenters. The van der Waals surface area contributed by atoms with Crippen molar-refractivity contribution < 1.29 is 8.42 Å². The second kappa shape index (κ2) is 2.96. The molecule has 14 heavy (non-hydrogen) atoms. The summed E-state index contributed by atoms with van der Waals surface area (Å²) in [5.74, 6) is 0. The van der Waals surface area contributed by atoms with Gasteiger partial charge in [0.2, 0.25) is 15.0 Å². The first-order chi connectivity index (χ1) is 6.48. The summed E-state index contributed by atoms with van der Waals surface area (Å²) in [4.78, 5) is 8.31. The molecule has 0 saturated carbocycles. The Balaban J connectivity index is 2.76. The predicted octanol–water partition coefficient (Wildman–Crippen LogP) is 0.798. The number of sulfone groups is 1. The number of hydrogen-bond donors (Lipinski definition) is 0. The lowest BCUT2D eigenvalue weighted by molar-refractivity contribution is 0.594. The van der Waals surface area contributed by atoms with E-state index in [2.05, 4.69) is 14.3 Å². The molecule has 0 fully saturated rings. The summed E-state index contributed by atoms with van der Waals surface area (Å²) in [6.45, 7) is 1.84. The number of aromatic nitrogens is 3. The maximum absolute atomic E-state index is 11.1. The zero-order valence-corrected chi connectivity index (χ0v) is 9.18. The van der Waals surface area contributed by atoms with Gasteiger partial charge >= 0.3 is 0 Å². The fourth-order valence-electron chi connectivity index (χ4n) is 1.01. The number of aryl methyl sites for hydroxylation is 1. The summed E-state index contributed by atoms with van der Waals surface area (Å²) in [6.07, 6.45) is 2.58. The zero-order valence-electron chi connectivity index (χ0n) is 7.55. The van der Waals surface area contributed by atoms with Crippen molar-refractivity contribution in [3.63, 3.8) is 0 Å². The molecule has 2 aromatic rings. The molecule has 0 aliphatic carbocycles. The van der Waals surface area contributed by atoms with Gasteiger partial charge in [-0.25, -0.2) is 18.4 Å². The zero-order chi connectivity index (χ0) is 10.3. The molecule has 0 bridgehead atoms. The highest BCUT2D eigenvalue weighted by Crippen LogP contribution is 2.19. The molecule has 2 rings (SSSR count). The van der Waals surface area contributed by atoms with Crippen LogP contribution in [0.1, 0.15) is 5.69 Å². The van der Waals surface area contributed by atoms with Gasteiger partial charge in [-0.2, -0.15) is 4.37 Å². The SMILES string of the molecule is Cc1nsc2nc(S(C)(=O)=O)ncc12. The standard InChI is InChI=1S/C7H7N3O2S2/c1-4-5-3-8-7(14(2,11)12)9-6(5)13-10-4/h3H,1-2H3. The molecular weight excluding hydrogens is 222 g/mol. The van der Waals surface area contributed by atoms with Gasteiger partial charge in [0, 0.05) is 12.5 Å². The van der Waals surface area contributed by atoms with E-state index in [1.807, 2.05) is 6.92 Å². The topological polar surface area (TPSA) is 72.8 Å². The Morgan fingerprint density at radius 2 is 2.14 bits per heavy atom. The Morgan fingerprint density at radius 3 is 2.79 bits per heavy atom. The Hall–Kier alpha value is -1.08. The Bertz CT molecular complexity index is 588. The molecule has 0 aromatic carbocycles. The minimum atomic E-state index is -3.33. The van der Waals surface area contributed by atoms with Crippen molar-refractivity contribution in [1.29, 1.82) is 0 Å². The summed E-state index contributed by atoms with van der Waals surface area (Å²) < 4.78 is 26.3.